The van der Waals surface area contributed by atoms with Gasteiger partial charge in [0.2, 0.25) is 0 Å². The fourth-order valence-corrected chi connectivity index (χ4v) is 1.59. The van der Waals surface area contributed by atoms with Crippen LogP contribution < -0.4 is 10.6 Å². The summed E-state index contributed by atoms with van der Waals surface area (Å²) in [6.45, 7) is 4.05. The smallest absolute Gasteiger partial charge is 0.315 e. The Labute approximate surface area is 112 Å². The fourth-order valence-electron chi connectivity index (χ4n) is 1.59. The third-order valence-corrected chi connectivity index (χ3v) is 2.71. The maximum atomic E-state index is 11.7. The number of carbonyl (C=O) groups is 2. The molecule has 1 heterocycles. The number of aryl methyl sites for hydroxylation is 1. The second-order valence-corrected chi connectivity index (χ2v) is 4.76. The van der Waals surface area contributed by atoms with Crippen molar-refractivity contribution in [2.75, 3.05) is 0 Å². The lowest BCUT2D eigenvalue weighted by atomic mass is 10.0. The highest BCUT2D eigenvalue weighted by atomic mass is 16.4. The molecule has 0 aliphatic carbocycles. The molecule has 0 spiro atoms. The Balaban J connectivity index is 2.42. The van der Waals surface area contributed by atoms with Gasteiger partial charge >= 0.3 is 12.0 Å². The number of nitrogens with zero attached hydrogens (tertiary/aromatic N) is 2. The zero-order valence-corrected chi connectivity index (χ0v) is 11.4. The van der Waals surface area contributed by atoms with Gasteiger partial charge in [-0.05, 0) is 12.0 Å². The van der Waals surface area contributed by atoms with Crippen molar-refractivity contribution in [2.45, 2.75) is 32.9 Å². The molecule has 1 aromatic heterocycles. The zero-order valence-electron chi connectivity index (χ0n) is 11.4. The van der Waals surface area contributed by atoms with Gasteiger partial charge in [-0.25, -0.2) is 4.79 Å². The molecule has 106 valence electrons. The summed E-state index contributed by atoms with van der Waals surface area (Å²) >= 11 is 0. The van der Waals surface area contributed by atoms with Gasteiger partial charge in [0, 0.05) is 19.3 Å². The van der Waals surface area contributed by atoms with Gasteiger partial charge in [0.05, 0.1) is 18.7 Å². The molecule has 0 aliphatic heterocycles. The van der Waals surface area contributed by atoms with Gasteiger partial charge in [-0.1, -0.05) is 13.8 Å². The van der Waals surface area contributed by atoms with Gasteiger partial charge in [0.15, 0.2) is 0 Å². The Hall–Kier alpha value is -2.05. The first-order chi connectivity index (χ1) is 8.88. The molecule has 1 unspecified atom stereocenters. The molecule has 19 heavy (non-hydrogen) atoms. The van der Waals surface area contributed by atoms with Crippen molar-refractivity contribution < 1.29 is 14.7 Å². The number of carboxylic acid groups (broad SMARTS) is 1. The summed E-state index contributed by atoms with van der Waals surface area (Å²) in [7, 11) is 1.80. The lowest BCUT2D eigenvalue weighted by Gasteiger charge is -2.20. The Morgan fingerprint density at radius 2 is 2.16 bits per heavy atom. The number of hydrogen-bond donors (Lipinski definition) is 3. The van der Waals surface area contributed by atoms with Gasteiger partial charge in [-0.15, -0.1) is 0 Å². The number of rotatable bonds is 6. The lowest BCUT2D eigenvalue weighted by molar-refractivity contribution is -0.137. The Kier molecular flexibility index (Phi) is 5.35. The van der Waals surface area contributed by atoms with E-state index >= 15 is 0 Å². The topological polar surface area (TPSA) is 96.3 Å². The van der Waals surface area contributed by atoms with E-state index in [-0.39, 0.29) is 24.4 Å². The first-order valence-corrected chi connectivity index (χ1v) is 6.13. The van der Waals surface area contributed by atoms with E-state index in [2.05, 4.69) is 15.7 Å². The van der Waals surface area contributed by atoms with Crippen molar-refractivity contribution in [3.63, 3.8) is 0 Å². The molecule has 1 atom stereocenters. The Morgan fingerprint density at radius 1 is 1.47 bits per heavy atom. The molecule has 0 saturated carbocycles. The number of nitrogens with one attached hydrogen (secondary N) is 2. The van der Waals surface area contributed by atoms with E-state index in [4.69, 9.17) is 5.11 Å². The van der Waals surface area contributed by atoms with Gasteiger partial charge in [-0.3, -0.25) is 9.48 Å². The summed E-state index contributed by atoms with van der Waals surface area (Å²) in [5.74, 6) is -0.875. The van der Waals surface area contributed by atoms with E-state index in [0.29, 0.717) is 6.54 Å². The van der Waals surface area contributed by atoms with Crippen molar-refractivity contribution in [3.05, 3.63) is 18.0 Å². The van der Waals surface area contributed by atoms with E-state index in [9.17, 15) is 9.59 Å². The largest absolute Gasteiger partial charge is 0.481 e. The molecule has 1 aromatic rings. The van der Waals surface area contributed by atoms with E-state index in [0.717, 1.165) is 5.69 Å². The molecule has 7 heteroatoms. The highest BCUT2D eigenvalue weighted by molar-refractivity contribution is 5.75. The van der Waals surface area contributed by atoms with Crippen LogP contribution in [0.1, 0.15) is 26.0 Å². The molecular formula is C12H20N4O3. The number of hydrogen-bond acceptors (Lipinski definition) is 3. The molecule has 7 nitrogen and oxygen atoms in total. The molecule has 0 aliphatic rings. The van der Waals surface area contributed by atoms with Gasteiger partial charge in [0.1, 0.15) is 0 Å². The maximum Gasteiger partial charge on any atom is 0.315 e. The van der Waals surface area contributed by atoms with E-state index in [1.165, 1.54) is 0 Å². The van der Waals surface area contributed by atoms with Crippen LogP contribution in [0.5, 0.6) is 0 Å². The number of carboxylic acids is 1. The summed E-state index contributed by atoms with van der Waals surface area (Å²) in [5, 5.41) is 18.2. The van der Waals surface area contributed by atoms with Crippen LogP contribution in [0, 0.1) is 5.92 Å². The molecule has 2 amide bonds. The van der Waals surface area contributed by atoms with Crippen molar-refractivity contribution >= 4 is 12.0 Å². The monoisotopic (exact) mass is 268 g/mol. The van der Waals surface area contributed by atoms with Crippen LogP contribution in [-0.2, 0) is 18.4 Å². The van der Waals surface area contributed by atoms with Gasteiger partial charge in [-0.2, -0.15) is 5.10 Å². The number of carbonyl (C=O) groups excluding carboxylic acids is 1. The molecule has 0 radical (unpaired) electrons. The predicted octanol–water partition coefficient (Wildman–Crippen LogP) is 0.719. The van der Waals surface area contributed by atoms with Crippen LogP contribution in [0.15, 0.2) is 12.3 Å². The summed E-state index contributed by atoms with van der Waals surface area (Å²) in [5.41, 5.74) is 0.747. The molecule has 0 aromatic carbocycles. The first-order valence-electron chi connectivity index (χ1n) is 6.13. The average Bonchev–Trinajstić information content (AvgIpc) is 2.71. The van der Waals surface area contributed by atoms with Gasteiger partial charge < -0.3 is 15.7 Å². The molecular weight excluding hydrogens is 248 g/mol. The second kappa shape index (κ2) is 6.77. The molecule has 0 fully saturated rings. The highest BCUT2D eigenvalue weighted by Crippen LogP contribution is 2.05. The molecule has 0 bridgehead atoms. The van der Waals surface area contributed by atoms with Crippen LogP contribution in [0.4, 0.5) is 4.79 Å². The predicted molar refractivity (Wildman–Crippen MR) is 69.5 cm³/mol. The quantitative estimate of drug-likeness (QED) is 0.708. The van der Waals surface area contributed by atoms with E-state index in [1.807, 2.05) is 13.8 Å². The van der Waals surface area contributed by atoms with Gasteiger partial charge in [0.25, 0.3) is 0 Å². The number of aromatic nitrogens is 2. The summed E-state index contributed by atoms with van der Waals surface area (Å²) in [6.07, 6.45) is 1.70. The molecule has 3 N–H and O–H groups in total. The van der Waals surface area contributed by atoms with Crippen LogP contribution in [0.25, 0.3) is 0 Å². The van der Waals surface area contributed by atoms with Crippen molar-refractivity contribution in [1.82, 2.24) is 20.4 Å². The second-order valence-electron chi connectivity index (χ2n) is 4.76. The summed E-state index contributed by atoms with van der Waals surface area (Å²) in [4.78, 5) is 22.4. The number of amides is 2. The van der Waals surface area contributed by atoms with Crippen LogP contribution in [0.3, 0.4) is 0 Å². The average molecular weight is 268 g/mol. The molecule has 0 saturated heterocycles. The standard InChI is InChI=1S/C12H20N4O3/c1-8(2)10(6-11(17)18)14-12(19)13-7-9-4-5-16(3)15-9/h4-5,8,10H,6-7H2,1-3H3,(H,17,18)(H2,13,14,19). The third-order valence-electron chi connectivity index (χ3n) is 2.71. The molecule has 1 rings (SSSR count). The van der Waals surface area contributed by atoms with Crippen LogP contribution in [-0.4, -0.2) is 32.9 Å². The SMILES string of the molecule is CC(C)C(CC(=O)O)NC(=O)NCc1ccn(C)n1. The summed E-state index contributed by atoms with van der Waals surface area (Å²) in [6, 6.07) is 1.03. The zero-order chi connectivity index (χ0) is 14.4. The van der Waals surface area contributed by atoms with Crippen molar-refractivity contribution in [1.29, 1.82) is 0 Å². The van der Waals surface area contributed by atoms with Crippen molar-refractivity contribution in [2.24, 2.45) is 13.0 Å². The minimum Gasteiger partial charge on any atom is -0.481 e. The first kappa shape index (κ1) is 15.0. The van der Waals surface area contributed by atoms with Crippen molar-refractivity contribution in [3.8, 4) is 0 Å². The van der Waals surface area contributed by atoms with E-state index in [1.54, 1.807) is 24.0 Å². The minimum atomic E-state index is -0.927. The Bertz CT molecular complexity index is 442. The lowest BCUT2D eigenvalue weighted by Crippen LogP contribution is -2.45. The third kappa shape index (κ3) is 5.41. The highest BCUT2D eigenvalue weighted by Gasteiger charge is 2.19. The van der Waals surface area contributed by atoms with Crippen LogP contribution >= 0.6 is 0 Å². The normalized spacial score (nSPS) is 12.2. The number of aliphatic carboxylic acids is 1. The summed E-state index contributed by atoms with van der Waals surface area (Å²) < 4.78 is 1.65. The Morgan fingerprint density at radius 3 is 2.63 bits per heavy atom. The van der Waals surface area contributed by atoms with Crippen LogP contribution in [0.2, 0.25) is 0 Å². The fraction of sp³-hybridized carbons (Fsp3) is 0.583. The van der Waals surface area contributed by atoms with E-state index < -0.39 is 5.97 Å². The minimum absolute atomic E-state index is 0.0525. The maximum absolute atomic E-state index is 11.7. The number of urea groups is 1.